The van der Waals surface area contributed by atoms with Gasteiger partial charge in [-0.2, -0.15) is 10.5 Å². The van der Waals surface area contributed by atoms with Crippen LogP contribution in [-0.2, 0) is 5.54 Å². The van der Waals surface area contributed by atoms with E-state index >= 15 is 0 Å². The van der Waals surface area contributed by atoms with Crippen LogP contribution in [0.1, 0.15) is 62.0 Å². The molecule has 0 bridgehead atoms. The van der Waals surface area contributed by atoms with Crippen molar-refractivity contribution in [1.82, 2.24) is 20.0 Å². The van der Waals surface area contributed by atoms with Gasteiger partial charge in [0.2, 0.25) is 0 Å². The number of benzene rings is 2. The molecule has 1 aliphatic carbocycles. The first-order valence-electron chi connectivity index (χ1n) is 13.9. The van der Waals surface area contributed by atoms with Gasteiger partial charge in [-0.25, -0.2) is 10.2 Å². The lowest BCUT2D eigenvalue weighted by molar-refractivity contribution is 0.255. The summed E-state index contributed by atoms with van der Waals surface area (Å²) in [6.45, 7) is 6.85. The van der Waals surface area contributed by atoms with Gasteiger partial charge in [0.15, 0.2) is 0 Å². The maximum absolute atomic E-state index is 13.9. The van der Waals surface area contributed by atoms with Crippen LogP contribution in [0, 0.1) is 33.9 Å². The highest BCUT2D eigenvalue weighted by Gasteiger charge is 2.50. The van der Waals surface area contributed by atoms with Crippen LogP contribution in [0.15, 0.2) is 73.1 Å². The average Bonchev–Trinajstić information content (AvgIpc) is 3.81. The van der Waals surface area contributed by atoms with Crippen molar-refractivity contribution in [3.05, 3.63) is 101 Å². The molecule has 2 aromatic heterocycles. The zero-order chi connectivity index (χ0) is 30.8. The van der Waals surface area contributed by atoms with E-state index in [9.17, 15) is 14.9 Å². The SMILES string of the molecule is CC(C)(C)CNc1c(C#N)cnc2c(C#N)cc(NC(/C(N)=C/N(N)C3(c4cnccn4)CC3)c3ccc(F)cc3)cc12. The van der Waals surface area contributed by atoms with Gasteiger partial charge in [0.05, 0.1) is 51.5 Å². The van der Waals surface area contributed by atoms with Crippen molar-refractivity contribution in [2.75, 3.05) is 17.2 Å². The monoisotopic (exact) mass is 576 g/mol. The molecule has 1 fully saturated rings. The number of hydrogen-bond acceptors (Lipinski definition) is 10. The van der Waals surface area contributed by atoms with E-state index in [1.165, 1.54) is 18.3 Å². The Morgan fingerprint density at radius 3 is 2.42 bits per heavy atom. The molecular weight excluding hydrogens is 543 g/mol. The molecule has 0 aliphatic heterocycles. The summed E-state index contributed by atoms with van der Waals surface area (Å²) in [4.78, 5) is 13.1. The fourth-order valence-corrected chi connectivity index (χ4v) is 4.94. The van der Waals surface area contributed by atoms with Gasteiger partial charge in [0.25, 0.3) is 0 Å². The van der Waals surface area contributed by atoms with Crippen LogP contribution in [0.4, 0.5) is 15.8 Å². The lowest BCUT2D eigenvalue weighted by atomic mass is 9.96. The average molecular weight is 577 g/mol. The Balaban J connectivity index is 1.57. The number of aromatic nitrogens is 3. The number of fused-ring (bicyclic) bond motifs is 1. The summed E-state index contributed by atoms with van der Waals surface area (Å²) in [5.41, 5.74) is 10.2. The first-order chi connectivity index (χ1) is 20.5. The molecule has 1 aliphatic rings. The second-order valence-electron chi connectivity index (χ2n) is 11.9. The highest BCUT2D eigenvalue weighted by Crippen LogP contribution is 2.49. The molecule has 0 saturated heterocycles. The maximum Gasteiger partial charge on any atom is 0.123 e. The van der Waals surface area contributed by atoms with Gasteiger partial charge < -0.3 is 21.4 Å². The first kappa shape index (κ1) is 29.2. The molecule has 0 spiro atoms. The Hall–Kier alpha value is -5.26. The summed E-state index contributed by atoms with van der Waals surface area (Å²) < 4.78 is 13.9. The number of nitrogens with zero attached hydrogens (tertiary/aromatic N) is 6. The van der Waals surface area contributed by atoms with Crippen molar-refractivity contribution < 1.29 is 4.39 Å². The summed E-state index contributed by atoms with van der Waals surface area (Å²) in [6.07, 6.45) is 9.63. The van der Waals surface area contributed by atoms with Crippen LogP contribution in [0.2, 0.25) is 0 Å². The van der Waals surface area contributed by atoms with E-state index in [2.05, 4.69) is 58.5 Å². The summed E-state index contributed by atoms with van der Waals surface area (Å²) >= 11 is 0. The number of anilines is 2. The highest BCUT2D eigenvalue weighted by atomic mass is 19.1. The molecule has 10 nitrogen and oxygen atoms in total. The van der Waals surface area contributed by atoms with E-state index in [1.54, 1.807) is 48.0 Å². The second-order valence-corrected chi connectivity index (χ2v) is 11.9. The molecule has 1 unspecified atom stereocenters. The third kappa shape index (κ3) is 6.17. The molecule has 6 N–H and O–H groups in total. The standard InChI is InChI=1S/C32H33FN10/c1-31(2,3)19-41-29-22(15-35)16-40-28-21(14-34)12-24(13-25(28)29)42-30(20-4-6-23(33)7-5-20)26(36)18-43(37)32(8-9-32)27-17-38-10-11-39-27/h4-7,10-13,16-18,30,42H,8-9,19,36-37H2,1-3H3,(H,40,41)/b26-18-. The van der Waals surface area contributed by atoms with Gasteiger partial charge >= 0.3 is 0 Å². The lowest BCUT2D eigenvalue weighted by Crippen LogP contribution is -2.39. The number of nitrogens with one attached hydrogen (secondary N) is 2. The smallest absolute Gasteiger partial charge is 0.123 e. The van der Waals surface area contributed by atoms with Gasteiger partial charge in [0.1, 0.15) is 18.0 Å². The zero-order valence-electron chi connectivity index (χ0n) is 24.3. The van der Waals surface area contributed by atoms with Crippen LogP contribution < -0.4 is 22.2 Å². The zero-order valence-corrected chi connectivity index (χ0v) is 24.3. The van der Waals surface area contributed by atoms with Gasteiger partial charge in [-0.05, 0) is 48.1 Å². The molecule has 4 aromatic rings. The molecule has 11 heteroatoms. The summed E-state index contributed by atoms with van der Waals surface area (Å²) in [6, 6.07) is 13.3. The van der Waals surface area contributed by atoms with Crippen molar-refractivity contribution in [2.24, 2.45) is 17.0 Å². The van der Waals surface area contributed by atoms with E-state index in [0.29, 0.717) is 51.2 Å². The van der Waals surface area contributed by atoms with Gasteiger partial charge in [-0.15, -0.1) is 0 Å². The van der Waals surface area contributed by atoms with Crippen molar-refractivity contribution in [3.8, 4) is 12.1 Å². The van der Waals surface area contributed by atoms with Crippen molar-refractivity contribution in [3.63, 3.8) is 0 Å². The summed E-state index contributed by atoms with van der Waals surface area (Å²) in [5, 5.41) is 28.9. The Kier molecular flexibility index (Phi) is 7.85. The third-order valence-electron chi connectivity index (χ3n) is 7.40. The van der Waals surface area contributed by atoms with E-state index in [-0.39, 0.29) is 11.2 Å². The van der Waals surface area contributed by atoms with Gasteiger partial charge in [0, 0.05) is 42.4 Å². The molecule has 0 amide bonds. The maximum atomic E-state index is 13.9. The fourth-order valence-electron chi connectivity index (χ4n) is 4.94. The van der Waals surface area contributed by atoms with Crippen LogP contribution in [0.3, 0.4) is 0 Å². The normalized spacial score (nSPS) is 14.8. The highest BCUT2D eigenvalue weighted by molar-refractivity contribution is 5.99. The van der Waals surface area contributed by atoms with E-state index in [4.69, 9.17) is 11.6 Å². The summed E-state index contributed by atoms with van der Waals surface area (Å²) in [5.74, 6) is 6.17. The summed E-state index contributed by atoms with van der Waals surface area (Å²) in [7, 11) is 0. The predicted molar refractivity (Wildman–Crippen MR) is 163 cm³/mol. The molecule has 0 radical (unpaired) electrons. The van der Waals surface area contributed by atoms with Crippen molar-refractivity contribution in [1.29, 1.82) is 10.5 Å². The van der Waals surface area contributed by atoms with Gasteiger partial charge in [-0.1, -0.05) is 32.9 Å². The minimum absolute atomic E-state index is 0.0679. The molecule has 2 heterocycles. The molecule has 5 rings (SSSR count). The van der Waals surface area contributed by atoms with Crippen LogP contribution in [0.5, 0.6) is 0 Å². The number of rotatable bonds is 9. The molecule has 43 heavy (non-hydrogen) atoms. The van der Waals surface area contributed by atoms with Crippen molar-refractivity contribution >= 4 is 22.3 Å². The third-order valence-corrected chi connectivity index (χ3v) is 7.40. The van der Waals surface area contributed by atoms with Crippen LogP contribution in [0.25, 0.3) is 10.9 Å². The van der Waals surface area contributed by atoms with Crippen LogP contribution >= 0.6 is 0 Å². The predicted octanol–water partition coefficient (Wildman–Crippen LogP) is 5.18. The number of nitrogens with two attached hydrogens (primary N) is 2. The fraction of sp³-hybridized carbons (Fsp3) is 0.281. The molecule has 1 saturated carbocycles. The van der Waals surface area contributed by atoms with E-state index < -0.39 is 11.6 Å². The Labute approximate surface area is 249 Å². The molecule has 2 aromatic carbocycles. The van der Waals surface area contributed by atoms with E-state index in [0.717, 1.165) is 18.5 Å². The Morgan fingerprint density at radius 1 is 1.09 bits per heavy atom. The van der Waals surface area contributed by atoms with Gasteiger partial charge in [-0.3, -0.25) is 15.0 Å². The van der Waals surface area contributed by atoms with E-state index in [1.807, 2.05) is 6.07 Å². The molecule has 1 atom stereocenters. The molecular formula is C32H33FN10. The number of nitriles is 2. The van der Waals surface area contributed by atoms with Crippen molar-refractivity contribution in [2.45, 2.75) is 45.2 Å². The first-order valence-corrected chi connectivity index (χ1v) is 13.9. The second kappa shape index (κ2) is 11.6. The Bertz CT molecular complexity index is 1740. The number of pyridine rings is 1. The molecule has 218 valence electrons. The largest absolute Gasteiger partial charge is 0.399 e. The quantitative estimate of drug-likeness (QED) is 0.154. The Morgan fingerprint density at radius 2 is 1.81 bits per heavy atom. The number of hydrogen-bond donors (Lipinski definition) is 4. The number of halogens is 1. The lowest BCUT2D eigenvalue weighted by Gasteiger charge is -2.28. The minimum Gasteiger partial charge on any atom is -0.399 e. The topological polar surface area (TPSA) is 166 Å². The minimum atomic E-state index is -0.647. The van der Waals surface area contributed by atoms with Crippen LogP contribution in [-0.4, -0.2) is 26.5 Å². The number of hydrazine groups is 1.